The Balaban J connectivity index is 2.09. The molecular formula is C11H16ClN3O4S. The van der Waals surface area contributed by atoms with Crippen LogP contribution in [-0.2, 0) is 21.9 Å². The van der Waals surface area contributed by atoms with Crippen molar-refractivity contribution in [2.24, 2.45) is 18.9 Å². The van der Waals surface area contributed by atoms with Crippen LogP contribution in [0.2, 0.25) is 5.02 Å². The van der Waals surface area contributed by atoms with Crippen molar-refractivity contribution >= 4 is 27.6 Å². The fourth-order valence-corrected chi connectivity index (χ4v) is 4.34. The first-order chi connectivity index (χ1) is 9.33. The first kappa shape index (κ1) is 15.3. The zero-order valence-electron chi connectivity index (χ0n) is 10.9. The number of hydrogen-bond acceptors (Lipinski definition) is 4. The van der Waals surface area contributed by atoms with Crippen LogP contribution in [-0.4, -0.2) is 35.8 Å². The molecule has 0 bridgehead atoms. The van der Waals surface area contributed by atoms with Gasteiger partial charge in [0.1, 0.15) is 0 Å². The average molecular weight is 322 g/mol. The molecule has 0 aromatic carbocycles. The van der Waals surface area contributed by atoms with Gasteiger partial charge in [0, 0.05) is 13.6 Å². The Labute approximate surface area is 122 Å². The van der Waals surface area contributed by atoms with Crippen LogP contribution in [0.4, 0.5) is 0 Å². The molecular weight excluding hydrogens is 306 g/mol. The van der Waals surface area contributed by atoms with Crippen LogP contribution in [0.15, 0.2) is 11.2 Å². The minimum Gasteiger partial charge on any atom is -0.481 e. The summed E-state index contributed by atoms with van der Waals surface area (Å²) in [6, 6.07) is 0. The number of nitrogens with one attached hydrogen (secondary N) is 1. The predicted octanol–water partition coefficient (Wildman–Crippen LogP) is 0.853. The van der Waals surface area contributed by atoms with Crippen molar-refractivity contribution in [2.45, 2.75) is 24.3 Å². The molecule has 0 radical (unpaired) electrons. The quantitative estimate of drug-likeness (QED) is 0.837. The van der Waals surface area contributed by atoms with Gasteiger partial charge in [-0.3, -0.25) is 9.48 Å². The van der Waals surface area contributed by atoms with Crippen LogP contribution in [0.5, 0.6) is 0 Å². The van der Waals surface area contributed by atoms with Crippen molar-refractivity contribution in [3.05, 3.63) is 11.2 Å². The van der Waals surface area contributed by atoms with Crippen LogP contribution in [0, 0.1) is 11.8 Å². The van der Waals surface area contributed by atoms with Crippen LogP contribution < -0.4 is 4.72 Å². The van der Waals surface area contributed by atoms with Crippen molar-refractivity contribution in [1.82, 2.24) is 14.5 Å². The summed E-state index contributed by atoms with van der Waals surface area (Å²) in [5, 5.41) is 12.8. The highest BCUT2D eigenvalue weighted by Crippen LogP contribution is 2.31. The average Bonchev–Trinajstić information content (AvgIpc) is 2.94. The second kappa shape index (κ2) is 5.71. The molecule has 1 aromatic heterocycles. The normalized spacial score (nSPS) is 23.1. The van der Waals surface area contributed by atoms with E-state index in [4.69, 9.17) is 16.7 Å². The van der Waals surface area contributed by atoms with E-state index in [-0.39, 0.29) is 22.5 Å². The largest absolute Gasteiger partial charge is 0.481 e. The molecule has 1 aromatic rings. The second-order valence-electron chi connectivity index (χ2n) is 4.91. The number of sulfonamides is 1. The summed E-state index contributed by atoms with van der Waals surface area (Å²) in [5.41, 5.74) is 0. The molecule has 7 nitrogen and oxygen atoms in total. The fourth-order valence-electron chi connectivity index (χ4n) is 2.59. The zero-order chi connectivity index (χ0) is 14.9. The van der Waals surface area contributed by atoms with Crippen LogP contribution in [0.1, 0.15) is 19.3 Å². The summed E-state index contributed by atoms with van der Waals surface area (Å²) in [7, 11) is -2.31. The maximum Gasteiger partial charge on any atom is 0.306 e. The Kier molecular flexibility index (Phi) is 4.36. The van der Waals surface area contributed by atoms with Crippen LogP contribution >= 0.6 is 11.6 Å². The number of carboxylic acid groups (broad SMARTS) is 1. The van der Waals surface area contributed by atoms with Gasteiger partial charge in [0.15, 0.2) is 5.03 Å². The molecule has 112 valence electrons. The van der Waals surface area contributed by atoms with Gasteiger partial charge >= 0.3 is 5.97 Å². The molecule has 0 saturated heterocycles. The number of aliphatic carboxylic acids is 1. The molecule has 20 heavy (non-hydrogen) atoms. The highest BCUT2D eigenvalue weighted by Gasteiger charge is 2.34. The van der Waals surface area contributed by atoms with Gasteiger partial charge in [0.05, 0.1) is 17.1 Å². The molecule has 2 rings (SSSR count). The molecule has 9 heteroatoms. The number of aryl methyl sites for hydroxylation is 1. The summed E-state index contributed by atoms with van der Waals surface area (Å²) in [6.45, 7) is 0.0980. The molecule has 2 unspecified atom stereocenters. The number of halogens is 1. The summed E-state index contributed by atoms with van der Waals surface area (Å²) in [5.74, 6) is -1.54. The lowest BCUT2D eigenvalue weighted by Gasteiger charge is -2.16. The molecule has 0 amide bonds. The molecule has 1 aliphatic rings. The summed E-state index contributed by atoms with van der Waals surface area (Å²) < 4.78 is 27.9. The van der Waals surface area contributed by atoms with E-state index in [9.17, 15) is 13.2 Å². The maximum atomic E-state index is 12.2. The van der Waals surface area contributed by atoms with E-state index in [0.29, 0.717) is 12.8 Å². The Morgan fingerprint density at radius 2 is 2.30 bits per heavy atom. The number of carbonyl (C=O) groups is 1. The van der Waals surface area contributed by atoms with E-state index >= 15 is 0 Å². The van der Waals surface area contributed by atoms with Crippen LogP contribution in [0.25, 0.3) is 0 Å². The Hall–Kier alpha value is -1.12. The summed E-state index contributed by atoms with van der Waals surface area (Å²) >= 11 is 5.81. The van der Waals surface area contributed by atoms with Gasteiger partial charge in [-0.15, -0.1) is 0 Å². The Morgan fingerprint density at radius 3 is 2.85 bits per heavy atom. The van der Waals surface area contributed by atoms with E-state index in [0.717, 1.165) is 6.42 Å². The van der Waals surface area contributed by atoms with Gasteiger partial charge in [-0.2, -0.15) is 5.10 Å². The highest BCUT2D eigenvalue weighted by atomic mass is 35.5. The lowest BCUT2D eigenvalue weighted by molar-refractivity contribution is -0.142. The fraction of sp³-hybridized carbons (Fsp3) is 0.636. The molecule has 1 fully saturated rings. The Morgan fingerprint density at radius 1 is 1.60 bits per heavy atom. The molecule has 0 spiro atoms. The summed E-state index contributed by atoms with van der Waals surface area (Å²) in [4.78, 5) is 11.1. The second-order valence-corrected chi connectivity index (χ2v) is 7.00. The van der Waals surface area contributed by atoms with Crippen molar-refractivity contribution in [1.29, 1.82) is 0 Å². The zero-order valence-corrected chi connectivity index (χ0v) is 12.5. The molecule has 1 heterocycles. The van der Waals surface area contributed by atoms with Crippen molar-refractivity contribution in [2.75, 3.05) is 6.54 Å². The number of carboxylic acids is 1. The monoisotopic (exact) mass is 321 g/mol. The predicted molar refractivity (Wildman–Crippen MR) is 71.9 cm³/mol. The summed E-state index contributed by atoms with van der Waals surface area (Å²) in [6.07, 6.45) is 3.36. The number of aromatic nitrogens is 2. The standard InChI is InChI=1S/C11H16ClN3O4S/c1-15-10(9(12)6-13-15)20(18,19)14-5-7-3-2-4-8(7)11(16)17/h6-8,14H,2-5H2,1H3,(H,16,17). The number of nitrogens with zero attached hydrogens (tertiary/aromatic N) is 2. The maximum absolute atomic E-state index is 12.2. The molecule has 2 atom stereocenters. The van der Waals surface area contributed by atoms with Gasteiger partial charge < -0.3 is 5.11 Å². The van der Waals surface area contributed by atoms with E-state index in [1.165, 1.54) is 17.9 Å². The van der Waals surface area contributed by atoms with Gasteiger partial charge in [-0.25, -0.2) is 13.1 Å². The lowest BCUT2D eigenvalue weighted by atomic mass is 9.97. The van der Waals surface area contributed by atoms with Gasteiger partial charge in [-0.05, 0) is 18.8 Å². The minimum atomic E-state index is -3.79. The SMILES string of the molecule is Cn1ncc(Cl)c1S(=O)(=O)NCC1CCCC1C(=O)O. The Bertz CT molecular complexity index is 594. The molecule has 1 saturated carbocycles. The molecule has 0 aliphatic heterocycles. The third-order valence-electron chi connectivity index (χ3n) is 3.61. The first-order valence-corrected chi connectivity index (χ1v) is 8.09. The number of hydrogen-bond donors (Lipinski definition) is 2. The van der Waals surface area contributed by atoms with E-state index in [2.05, 4.69) is 9.82 Å². The van der Waals surface area contributed by atoms with Crippen molar-refractivity contribution in [3.8, 4) is 0 Å². The van der Waals surface area contributed by atoms with Crippen LogP contribution in [0.3, 0.4) is 0 Å². The van der Waals surface area contributed by atoms with E-state index in [1.807, 2.05) is 0 Å². The van der Waals surface area contributed by atoms with Crippen molar-refractivity contribution in [3.63, 3.8) is 0 Å². The smallest absolute Gasteiger partial charge is 0.306 e. The van der Waals surface area contributed by atoms with Crippen molar-refractivity contribution < 1.29 is 18.3 Å². The van der Waals surface area contributed by atoms with E-state index in [1.54, 1.807) is 0 Å². The van der Waals surface area contributed by atoms with Gasteiger partial charge in [-0.1, -0.05) is 18.0 Å². The molecule has 1 aliphatic carbocycles. The number of rotatable bonds is 5. The van der Waals surface area contributed by atoms with E-state index < -0.39 is 21.9 Å². The highest BCUT2D eigenvalue weighted by molar-refractivity contribution is 7.89. The van der Waals surface area contributed by atoms with Gasteiger partial charge in [0.25, 0.3) is 10.0 Å². The topological polar surface area (TPSA) is 101 Å². The minimum absolute atomic E-state index is 0.0428. The van der Waals surface area contributed by atoms with Gasteiger partial charge in [0.2, 0.25) is 0 Å². The third kappa shape index (κ3) is 2.97. The first-order valence-electron chi connectivity index (χ1n) is 6.23. The third-order valence-corrected chi connectivity index (χ3v) is 5.54. The molecule has 2 N–H and O–H groups in total. The lowest BCUT2D eigenvalue weighted by Crippen LogP contribution is -2.34.